The Bertz CT molecular complexity index is 375. The van der Waals surface area contributed by atoms with E-state index in [0.29, 0.717) is 12.3 Å². The summed E-state index contributed by atoms with van der Waals surface area (Å²) in [5.74, 6) is 0. The number of ether oxygens (including phenoxy) is 1. The Morgan fingerprint density at radius 3 is 2.78 bits per heavy atom. The summed E-state index contributed by atoms with van der Waals surface area (Å²) in [6, 6.07) is 0. The van der Waals surface area contributed by atoms with Gasteiger partial charge in [-0.1, -0.05) is 0 Å². The average molecular weight is 316 g/mol. The van der Waals surface area contributed by atoms with Crippen molar-refractivity contribution in [3.63, 3.8) is 0 Å². The summed E-state index contributed by atoms with van der Waals surface area (Å²) >= 11 is 3.49. The van der Waals surface area contributed by atoms with Crippen LogP contribution >= 0.6 is 15.9 Å². The number of piperidine rings is 1. The molecule has 1 saturated heterocycles. The molecule has 5 nitrogen and oxygen atoms in total. The fourth-order valence-electron chi connectivity index (χ4n) is 2.24. The number of aromatic nitrogens is 1. The molecule has 0 atom stereocenters. The first-order valence-corrected chi connectivity index (χ1v) is 6.88. The molecule has 0 aliphatic carbocycles. The molecule has 0 unspecified atom stereocenters. The Kier molecular flexibility index (Phi) is 4.79. The van der Waals surface area contributed by atoms with Crippen LogP contribution < -0.4 is 10.6 Å². The van der Waals surface area contributed by atoms with E-state index in [1.807, 2.05) is 0 Å². The van der Waals surface area contributed by atoms with E-state index in [9.17, 15) is 0 Å². The fourth-order valence-corrected chi connectivity index (χ4v) is 2.84. The second kappa shape index (κ2) is 6.36. The van der Waals surface area contributed by atoms with Gasteiger partial charge in [0.1, 0.15) is 0 Å². The number of anilines is 2. The summed E-state index contributed by atoms with van der Waals surface area (Å²) in [5, 5.41) is 8.73. The molecule has 1 aromatic heterocycles. The topological polar surface area (TPSA) is 71.6 Å². The maximum atomic E-state index is 8.73. The molecule has 2 heterocycles. The predicted molar refractivity (Wildman–Crippen MR) is 74.6 cm³/mol. The minimum atomic E-state index is 0.0864. The van der Waals surface area contributed by atoms with Crippen molar-refractivity contribution in [2.75, 3.05) is 36.9 Å². The highest BCUT2D eigenvalue weighted by Crippen LogP contribution is 2.33. The molecule has 0 saturated carbocycles. The summed E-state index contributed by atoms with van der Waals surface area (Å²) < 4.78 is 6.47. The number of nitrogens with two attached hydrogens (primary N) is 1. The van der Waals surface area contributed by atoms with Gasteiger partial charge in [-0.15, -0.1) is 0 Å². The van der Waals surface area contributed by atoms with Gasteiger partial charge >= 0.3 is 0 Å². The van der Waals surface area contributed by atoms with Gasteiger partial charge in [0.15, 0.2) is 0 Å². The first-order valence-electron chi connectivity index (χ1n) is 6.08. The Morgan fingerprint density at radius 2 is 2.17 bits per heavy atom. The molecule has 3 N–H and O–H groups in total. The lowest BCUT2D eigenvalue weighted by Crippen LogP contribution is -2.38. The minimum absolute atomic E-state index is 0.0864. The van der Waals surface area contributed by atoms with Crippen molar-refractivity contribution in [1.82, 2.24) is 4.98 Å². The van der Waals surface area contributed by atoms with Crippen LogP contribution in [0.25, 0.3) is 0 Å². The summed E-state index contributed by atoms with van der Waals surface area (Å²) in [4.78, 5) is 6.29. The number of nitrogens with zero attached hydrogens (tertiary/aromatic N) is 2. The first kappa shape index (κ1) is 13.6. The van der Waals surface area contributed by atoms with Gasteiger partial charge in [-0.25, -0.2) is 0 Å². The SMILES string of the molecule is Nc1cncc(Br)c1N1CCC(OCCO)CC1. The zero-order chi connectivity index (χ0) is 13.0. The van der Waals surface area contributed by atoms with Gasteiger partial charge in [0.2, 0.25) is 0 Å². The molecule has 0 amide bonds. The Balaban J connectivity index is 1.97. The molecule has 0 radical (unpaired) electrons. The van der Waals surface area contributed by atoms with Crippen LogP contribution in [0.15, 0.2) is 16.9 Å². The van der Waals surface area contributed by atoms with Crippen LogP contribution in [0.2, 0.25) is 0 Å². The number of aliphatic hydroxyl groups is 1. The van der Waals surface area contributed by atoms with Crippen molar-refractivity contribution < 1.29 is 9.84 Å². The van der Waals surface area contributed by atoms with Crippen LogP contribution in [0, 0.1) is 0 Å². The molecule has 2 rings (SSSR count). The number of rotatable bonds is 4. The summed E-state index contributed by atoms with van der Waals surface area (Å²) in [5.41, 5.74) is 7.68. The van der Waals surface area contributed by atoms with Crippen molar-refractivity contribution in [2.24, 2.45) is 0 Å². The highest BCUT2D eigenvalue weighted by Gasteiger charge is 2.22. The van der Waals surface area contributed by atoms with E-state index < -0.39 is 0 Å². The number of pyridine rings is 1. The summed E-state index contributed by atoms with van der Waals surface area (Å²) in [6.45, 7) is 2.32. The van der Waals surface area contributed by atoms with Crippen LogP contribution in [-0.2, 0) is 4.74 Å². The van der Waals surface area contributed by atoms with E-state index in [4.69, 9.17) is 15.6 Å². The number of aliphatic hydroxyl groups excluding tert-OH is 1. The molecule has 6 heteroatoms. The van der Waals surface area contributed by atoms with Crippen LogP contribution in [-0.4, -0.2) is 42.5 Å². The van der Waals surface area contributed by atoms with Gasteiger partial charge in [0.25, 0.3) is 0 Å². The van der Waals surface area contributed by atoms with Crippen molar-refractivity contribution in [1.29, 1.82) is 0 Å². The molecule has 1 aliphatic rings. The van der Waals surface area contributed by atoms with Crippen molar-refractivity contribution in [3.05, 3.63) is 16.9 Å². The van der Waals surface area contributed by atoms with E-state index >= 15 is 0 Å². The number of halogens is 1. The van der Waals surface area contributed by atoms with Gasteiger partial charge in [-0.2, -0.15) is 0 Å². The van der Waals surface area contributed by atoms with Crippen LogP contribution in [0.1, 0.15) is 12.8 Å². The Morgan fingerprint density at radius 1 is 1.44 bits per heavy atom. The monoisotopic (exact) mass is 315 g/mol. The molecule has 1 aliphatic heterocycles. The molecule has 1 aromatic rings. The molecule has 0 bridgehead atoms. The third-order valence-corrected chi connectivity index (χ3v) is 3.68. The summed E-state index contributed by atoms with van der Waals surface area (Å²) in [7, 11) is 0. The first-order chi connectivity index (χ1) is 8.72. The second-order valence-electron chi connectivity index (χ2n) is 4.34. The number of hydrogen-bond acceptors (Lipinski definition) is 5. The Labute approximate surface area is 115 Å². The smallest absolute Gasteiger partial charge is 0.0776 e. The third-order valence-electron chi connectivity index (χ3n) is 3.10. The predicted octanol–water partition coefficient (Wildman–Crippen LogP) is 1.40. The Hall–Kier alpha value is -0.850. The largest absolute Gasteiger partial charge is 0.396 e. The van der Waals surface area contributed by atoms with Crippen LogP contribution in [0.4, 0.5) is 11.4 Å². The van der Waals surface area contributed by atoms with Gasteiger partial charge < -0.3 is 20.5 Å². The van der Waals surface area contributed by atoms with Crippen molar-refractivity contribution in [2.45, 2.75) is 18.9 Å². The van der Waals surface area contributed by atoms with Crippen LogP contribution in [0.5, 0.6) is 0 Å². The van der Waals surface area contributed by atoms with Gasteiger partial charge in [-0.3, -0.25) is 4.98 Å². The van der Waals surface area contributed by atoms with Gasteiger partial charge in [-0.05, 0) is 28.8 Å². The number of hydrogen-bond donors (Lipinski definition) is 2. The minimum Gasteiger partial charge on any atom is -0.396 e. The van der Waals surface area contributed by atoms with Crippen LogP contribution in [0.3, 0.4) is 0 Å². The van der Waals surface area contributed by atoms with Gasteiger partial charge in [0, 0.05) is 19.3 Å². The lowest BCUT2D eigenvalue weighted by molar-refractivity contribution is 0.0159. The third kappa shape index (κ3) is 3.13. The maximum Gasteiger partial charge on any atom is 0.0776 e. The van der Waals surface area contributed by atoms with E-state index in [1.54, 1.807) is 12.4 Å². The lowest BCUT2D eigenvalue weighted by atomic mass is 10.1. The molecule has 0 aromatic carbocycles. The zero-order valence-corrected chi connectivity index (χ0v) is 11.8. The van der Waals surface area contributed by atoms with Crippen molar-refractivity contribution in [3.8, 4) is 0 Å². The van der Waals surface area contributed by atoms with E-state index in [1.165, 1.54) is 0 Å². The fraction of sp³-hybridized carbons (Fsp3) is 0.583. The molecule has 0 spiro atoms. The average Bonchev–Trinajstić information content (AvgIpc) is 2.37. The normalized spacial score (nSPS) is 17.1. The summed E-state index contributed by atoms with van der Waals surface area (Å²) in [6.07, 6.45) is 5.59. The maximum absolute atomic E-state index is 8.73. The van der Waals surface area contributed by atoms with E-state index in [0.717, 1.165) is 36.1 Å². The zero-order valence-electron chi connectivity index (χ0n) is 10.2. The van der Waals surface area contributed by atoms with E-state index in [-0.39, 0.29) is 12.7 Å². The van der Waals surface area contributed by atoms with Crippen molar-refractivity contribution >= 4 is 27.3 Å². The van der Waals surface area contributed by atoms with E-state index in [2.05, 4.69) is 25.8 Å². The molecular weight excluding hydrogens is 298 g/mol. The lowest BCUT2D eigenvalue weighted by Gasteiger charge is -2.34. The van der Waals surface area contributed by atoms with Gasteiger partial charge in [0.05, 0.1) is 41.4 Å². The highest BCUT2D eigenvalue weighted by atomic mass is 79.9. The standard InChI is InChI=1S/C12H18BrN3O2/c13-10-7-15-8-11(14)12(10)16-3-1-9(2-4-16)18-6-5-17/h7-9,17H,1-6,14H2. The highest BCUT2D eigenvalue weighted by molar-refractivity contribution is 9.10. The molecule has 1 fully saturated rings. The molecular formula is C12H18BrN3O2. The molecule has 100 valence electrons. The second-order valence-corrected chi connectivity index (χ2v) is 5.19. The quantitative estimate of drug-likeness (QED) is 0.879. The number of nitrogen functional groups attached to an aromatic ring is 1. The molecule has 18 heavy (non-hydrogen) atoms.